The first-order valence-electron chi connectivity index (χ1n) is 11.5. The largest absolute Gasteiger partial charge is 0.360 e. The molecule has 6 heteroatoms. The molecule has 2 fully saturated rings. The van der Waals surface area contributed by atoms with Gasteiger partial charge in [0.25, 0.3) is 0 Å². The Labute approximate surface area is 179 Å². The zero-order valence-electron chi connectivity index (χ0n) is 18.6. The standard InChI is InChI=1S/C24H34N4O2/c1-4-22-24(18(3)26-30-22)21-7-5-6-20(25-21)19-10-14-28(15-11-19)23(29)16-27-12-8-17(2)9-13-27/h5-7,17,19H,4,8-16H2,1-3H3. The van der Waals surface area contributed by atoms with E-state index in [0.717, 1.165) is 79.8 Å². The molecule has 0 spiro atoms. The number of piperidine rings is 2. The molecule has 0 aliphatic carbocycles. The van der Waals surface area contributed by atoms with E-state index in [2.05, 4.69) is 40.9 Å². The van der Waals surface area contributed by atoms with Gasteiger partial charge in [0.1, 0.15) is 5.76 Å². The van der Waals surface area contributed by atoms with Gasteiger partial charge in [-0.3, -0.25) is 14.7 Å². The van der Waals surface area contributed by atoms with E-state index in [4.69, 9.17) is 9.51 Å². The Morgan fingerprint density at radius 2 is 1.87 bits per heavy atom. The van der Waals surface area contributed by atoms with Gasteiger partial charge in [-0.2, -0.15) is 0 Å². The van der Waals surface area contributed by atoms with Gasteiger partial charge in [0.2, 0.25) is 5.91 Å². The Kier molecular flexibility index (Phi) is 6.52. The van der Waals surface area contributed by atoms with Gasteiger partial charge >= 0.3 is 0 Å². The minimum absolute atomic E-state index is 0.289. The Hall–Kier alpha value is -2.21. The first kappa shape index (κ1) is 21.0. The highest BCUT2D eigenvalue weighted by Crippen LogP contribution is 2.31. The van der Waals surface area contributed by atoms with E-state index in [-0.39, 0.29) is 5.91 Å². The van der Waals surface area contributed by atoms with Crippen molar-refractivity contribution in [2.75, 3.05) is 32.7 Å². The summed E-state index contributed by atoms with van der Waals surface area (Å²) < 4.78 is 5.45. The Morgan fingerprint density at radius 3 is 2.57 bits per heavy atom. The number of pyridine rings is 1. The van der Waals surface area contributed by atoms with E-state index in [1.807, 2.05) is 13.0 Å². The molecule has 30 heavy (non-hydrogen) atoms. The van der Waals surface area contributed by atoms with Crippen molar-refractivity contribution in [1.82, 2.24) is 19.9 Å². The van der Waals surface area contributed by atoms with Crippen LogP contribution in [0.4, 0.5) is 0 Å². The van der Waals surface area contributed by atoms with Gasteiger partial charge in [-0.05, 0) is 63.7 Å². The van der Waals surface area contributed by atoms with E-state index < -0.39 is 0 Å². The Bertz CT molecular complexity index is 862. The molecule has 0 radical (unpaired) electrons. The van der Waals surface area contributed by atoms with Crippen molar-refractivity contribution in [2.45, 2.75) is 58.8 Å². The molecule has 4 rings (SSSR count). The van der Waals surface area contributed by atoms with Gasteiger partial charge in [-0.15, -0.1) is 0 Å². The lowest BCUT2D eigenvalue weighted by Crippen LogP contribution is -2.45. The summed E-state index contributed by atoms with van der Waals surface area (Å²) in [6, 6.07) is 6.24. The van der Waals surface area contributed by atoms with Crippen LogP contribution >= 0.6 is 0 Å². The number of aryl methyl sites for hydroxylation is 2. The molecule has 0 bridgehead atoms. The van der Waals surface area contributed by atoms with E-state index in [9.17, 15) is 4.79 Å². The van der Waals surface area contributed by atoms with Crippen LogP contribution in [0.5, 0.6) is 0 Å². The van der Waals surface area contributed by atoms with Crippen molar-refractivity contribution in [3.05, 3.63) is 35.3 Å². The van der Waals surface area contributed by atoms with E-state index in [1.165, 1.54) is 12.8 Å². The molecule has 2 aliphatic heterocycles. The van der Waals surface area contributed by atoms with Crippen LogP contribution in [0.2, 0.25) is 0 Å². The lowest BCUT2D eigenvalue weighted by atomic mass is 9.92. The SMILES string of the molecule is CCc1onc(C)c1-c1cccc(C2CCN(C(=O)CN3CCC(C)CC3)CC2)n1. The number of aromatic nitrogens is 2. The van der Waals surface area contributed by atoms with Crippen LogP contribution in [0.1, 0.15) is 62.6 Å². The van der Waals surface area contributed by atoms with Gasteiger partial charge in [0.15, 0.2) is 0 Å². The van der Waals surface area contributed by atoms with Crippen molar-refractivity contribution in [1.29, 1.82) is 0 Å². The molecule has 6 nitrogen and oxygen atoms in total. The number of amides is 1. The fourth-order valence-corrected chi connectivity index (χ4v) is 4.74. The average Bonchev–Trinajstić information content (AvgIpc) is 3.16. The molecule has 1 amide bonds. The van der Waals surface area contributed by atoms with Crippen molar-refractivity contribution < 1.29 is 9.32 Å². The maximum atomic E-state index is 12.8. The number of hydrogen-bond donors (Lipinski definition) is 0. The zero-order valence-corrected chi connectivity index (χ0v) is 18.6. The van der Waals surface area contributed by atoms with Crippen molar-refractivity contribution in [3.63, 3.8) is 0 Å². The van der Waals surface area contributed by atoms with Gasteiger partial charge in [0, 0.05) is 31.1 Å². The molecule has 0 saturated carbocycles. The fourth-order valence-electron chi connectivity index (χ4n) is 4.74. The molecule has 4 heterocycles. The minimum atomic E-state index is 0.289. The van der Waals surface area contributed by atoms with Crippen LogP contribution < -0.4 is 0 Å². The molecule has 2 aliphatic rings. The number of likely N-dealkylation sites (tertiary alicyclic amines) is 2. The first-order valence-corrected chi connectivity index (χ1v) is 11.5. The highest BCUT2D eigenvalue weighted by Gasteiger charge is 2.27. The summed E-state index contributed by atoms with van der Waals surface area (Å²) in [4.78, 5) is 22.1. The third-order valence-corrected chi connectivity index (χ3v) is 6.78. The maximum Gasteiger partial charge on any atom is 0.236 e. The van der Waals surface area contributed by atoms with E-state index >= 15 is 0 Å². The predicted molar refractivity (Wildman–Crippen MR) is 117 cm³/mol. The highest BCUT2D eigenvalue weighted by molar-refractivity contribution is 5.78. The Morgan fingerprint density at radius 1 is 1.13 bits per heavy atom. The molecule has 2 saturated heterocycles. The van der Waals surface area contributed by atoms with Crippen molar-refractivity contribution in [3.8, 4) is 11.3 Å². The summed E-state index contributed by atoms with van der Waals surface area (Å²) in [5, 5.41) is 4.12. The van der Waals surface area contributed by atoms with Crippen molar-refractivity contribution in [2.24, 2.45) is 5.92 Å². The lowest BCUT2D eigenvalue weighted by Gasteiger charge is -2.35. The fraction of sp³-hybridized carbons (Fsp3) is 0.625. The molecule has 0 unspecified atom stereocenters. The van der Waals surface area contributed by atoms with Gasteiger partial charge in [0.05, 0.1) is 23.5 Å². The van der Waals surface area contributed by atoms with Crippen LogP contribution in [0, 0.1) is 12.8 Å². The topological polar surface area (TPSA) is 62.5 Å². The van der Waals surface area contributed by atoms with Crippen LogP contribution in [-0.4, -0.2) is 58.6 Å². The second-order valence-corrected chi connectivity index (χ2v) is 8.98. The number of rotatable bonds is 5. The summed E-state index contributed by atoms with van der Waals surface area (Å²) in [6.45, 7) is 10.7. The molecular weight excluding hydrogens is 376 g/mol. The first-order chi connectivity index (χ1) is 14.5. The molecule has 162 valence electrons. The average molecular weight is 411 g/mol. The number of carbonyl (C=O) groups excluding carboxylic acids is 1. The minimum Gasteiger partial charge on any atom is -0.360 e. The Balaban J connectivity index is 1.36. The molecule has 0 aromatic carbocycles. The second-order valence-electron chi connectivity index (χ2n) is 8.98. The smallest absolute Gasteiger partial charge is 0.236 e. The van der Waals surface area contributed by atoms with E-state index in [1.54, 1.807) is 0 Å². The van der Waals surface area contributed by atoms with Crippen molar-refractivity contribution >= 4 is 5.91 Å². The van der Waals surface area contributed by atoms with Crippen LogP contribution in [0.25, 0.3) is 11.3 Å². The van der Waals surface area contributed by atoms with Gasteiger partial charge in [-0.25, -0.2) is 0 Å². The molecule has 0 N–H and O–H groups in total. The van der Waals surface area contributed by atoms with Crippen LogP contribution in [0.3, 0.4) is 0 Å². The predicted octanol–water partition coefficient (Wildman–Crippen LogP) is 4.05. The third kappa shape index (κ3) is 4.59. The highest BCUT2D eigenvalue weighted by atomic mass is 16.5. The summed E-state index contributed by atoms with van der Waals surface area (Å²) in [6.07, 6.45) is 5.18. The summed E-state index contributed by atoms with van der Waals surface area (Å²) in [5.41, 5.74) is 3.99. The van der Waals surface area contributed by atoms with Crippen LogP contribution in [0.15, 0.2) is 22.7 Å². The molecule has 2 aromatic rings. The zero-order chi connectivity index (χ0) is 21.1. The maximum absolute atomic E-state index is 12.8. The van der Waals surface area contributed by atoms with Gasteiger partial charge in [-0.1, -0.05) is 25.1 Å². The number of carbonyl (C=O) groups is 1. The number of hydrogen-bond acceptors (Lipinski definition) is 5. The summed E-state index contributed by atoms with van der Waals surface area (Å²) in [5.74, 6) is 2.38. The summed E-state index contributed by atoms with van der Waals surface area (Å²) >= 11 is 0. The second kappa shape index (κ2) is 9.29. The monoisotopic (exact) mass is 410 g/mol. The van der Waals surface area contributed by atoms with Gasteiger partial charge < -0.3 is 9.42 Å². The lowest BCUT2D eigenvalue weighted by molar-refractivity contribution is -0.133. The van der Waals surface area contributed by atoms with E-state index in [0.29, 0.717) is 12.5 Å². The van der Waals surface area contributed by atoms with Crippen LogP contribution in [-0.2, 0) is 11.2 Å². The normalized spacial score (nSPS) is 19.4. The quantitative estimate of drug-likeness (QED) is 0.744. The summed E-state index contributed by atoms with van der Waals surface area (Å²) in [7, 11) is 0. The molecule has 0 atom stereocenters. The molecule has 2 aromatic heterocycles. The number of nitrogens with zero attached hydrogens (tertiary/aromatic N) is 4. The third-order valence-electron chi connectivity index (χ3n) is 6.78. The molecular formula is C24H34N4O2.